The SMILES string of the molecule is COc1cc(C=Nc2sc3c(c2C#N)CC[C@@H](C(C)(C)C)C3)ccc1OC(F)F. The van der Waals surface area contributed by atoms with Crippen LogP contribution in [0.5, 0.6) is 11.5 Å². The summed E-state index contributed by atoms with van der Waals surface area (Å²) in [5.41, 5.74) is 2.68. The number of fused-ring (bicyclic) bond motifs is 1. The first kappa shape index (κ1) is 21.3. The monoisotopic (exact) mass is 418 g/mol. The largest absolute Gasteiger partial charge is 0.493 e. The molecule has 0 fully saturated rings. The van der Waals surface area contributed by atoms with Crippen LogP contribution in [0.4, 0.5) is 13.8 Å². The third-order valence-corrected chi connectivity index (χ3v) is 6.48. The first-order chi connectivity index (χ1) is 13.7. The van der Waals surface area contributed by atoms with Crippen LogP contribution >= 0.6 is 11.3 Å². The molecule has 2 aromatic rings. The van der Waals surface area contributed by atoms with E-state index in [1.54, 1.807) is 29.7 Å². The highest BCUT2D eigenvalue weighted by molar-refractivity contribution is 7.16. The second kappa shape index (κ2) is 8.50. The smallest absolute Gasteiger partial charge is 0.387 e. The molecule has 1 aliphatic carbocycles. The zero-order valence-corrected chi connectivity index (χ0v) is 17.8. The van der Waals surface area contributed by atoms with Gasteiger partial charge in [0, 0.05) is 11.1 Å². The van der Waals surface area contributed by atoms with Crippen LogP contribution in [-0.2, 0) is 12.8 Å². The summed E-state index contributed by atoms with van der Waals surface area (Å²) < 4.78 is 34.5. The highest BCUT2D eigenvalue weighted by Crippen LogP contribution is 2.44. The van der Waals surface area contributed by atoms with Gasteiger partial charge in [-0.2, -0.15) is 14.0 Å². The van der Waals surface area contributed by atoms with Gasteiger partial charge in [-0.05, 0) is 59.9 Å². The Hall–Kier alpha value is -2.46. The Morgan fingerprint density at radius 2 is 2.07 bits per heavy atom. The Labute approximate surface area is 173 Å². The average Bonchev–Trinajstić information content (AvgIpc) is 3.02. The minimum atomic E-state index is -2.92. The number of ether oxygens (including phenoxy) is 2. The van der Waals surface area contributed by atoms with E-state index in [9.17, 15) is 14.0 Å². The molecule has 1 atom stereocenters. The van der Waals surface area contributed by atoms with Crippen molar-refractivity contribution in [2.24, 2.45) is 16.3 Å². The van der Waals surface area contributed by atoms with Crippen LogP contribution in [0, 0.1) is 22.7 Å². The Balaban J connectivity index is 1.87. The van der Waals surface area contributed by atoms with Crippen LogP contribution in [0.25, 0.3) is 0 Å². The first-order valence-corrected chi connectivity index (χ1v) is 10.3. The highest BCUT2D eigenvalue weighted by Gasteiger charge is 2.32. The first-order valence-electron chi connectivity index (χ1n) is 9.44. The Morgan fingerprint density at radius 1 is 1.31 bits per heavy atom. The molecular weight excluding hydrogens is 394 g/mol. The van der Waals surface area contributed by atoms with E-state index in [2.05, 4.69) is 36.6 Å². The number of nitriles is 1. The van der Waals surface area contributed by atoms with Gasteiger partial charge in [-0.15, -0.1) is 11.3 Å². The maximum absolute atomic E-state index is 12.5. The predicted molar refractivity (Wildman–Crippen MR) is 111 cm³/mol. The van der Waals surface area contributed by atoms with E-state index in [1.807, 2.05) is 0 Å². The van der Waals surface area contributed by atoms with Crippen molar-refractivity contribution < 1.29 is 18.3 Å². The molecule has 3 rings (SSSR count). The molecule has 1 aliphatic rings. The normalized spacial score (nSPS) is 16.7. The van der Waals surface area contributed by atoms with Crippen molar-refractivity contribution in [3.8, 4) is 17.6 Å². The van der Waals surface area contributed by atoms with E-state index >= 15 is 0 Å². The zero-order chi connectivity index (χ0) is 21.2. The molecule has 0 saturated heterocycles. The lowest BCUT2D eigenvalue weighted by Gasteiger charge is -2.33. The molecule has 1 heterocycles. The lowest BCUT2D eigenvalue weighted by Crippen LogP contribution is -2.26. The number of hydrogen-bond acceptors (Lipinski definition) is 5. The van der Waals surface area contributed by atoms with Gasteiger partial charge < -0.3 is 9.47 Å². The van der Waals surface area contributed by atoms with Gasteiger partial charge in [0.1, 0.15) is 11.1 Å². The van der Waals surface area contributed by atoms with Crippen molar-refractivity contribution >= 4 is 22.6 Å². The maximum Gasteiger partial charge on any atom is 0.387 e. The van der Waals surface area contributed by atoms with Crippen molar-refractivity contribution in [2.75, 3.05) is 7.11 Å². The Bertz CT molecular complexity index is 955. The summed E-state index contributed by atoms with van der Waals surface area (Å²) in [7, 11) is 1.39. The second-order valence-corrected chi connectivity index (χ2v) is 9.23. The minimum absolute atomic E-state index is 0.0304. The maximum atomic E-state index is 12.5. The number of methoxy groups -OCH3 is 1. The van der Waals surface area contributed by atoms with Crippen LogP contribution < -0.4 is 9.47 Å². The Morgan fingerprint density at radius 3 is 2.69 bits per heavy atom. The fourth-order valence-corrected chi connectivity index (χ4v) is 4.83. The number of thiophene rings is 1. The quantitative estimate of drug-likeness (QED) is 0.549. The number of aliphatic imine (C=N–C) groups is 1. The van der Waals surface area contributed by atoms with Crippen LogP contribution in [0.3, 0.4) is 0 Å². The van der Waals surface area contributed by atoms with E-state index in [4.69, 9.17) is 4.74 Å². The van der Waals surface area contributed by atoms with E-state index in [0.29, 0.717) is 22.0 Å². The summed E-state index contributed by atoms with van der Waals surface area (Å²) in [6.07, 6.45) is 4.57. The van der Waals surface area contributed by atoms with Crippen LogP contribution in [-0.4, -0.2) is 19.9 Å². The van der Waals surface area contributed by atoms with Crippen molar-refractivity contribution in [1.82, 2.24) is 0 Å². The van der Waals surface area contributed by atoms with Crippen LogP contribution in [0.15, 0.2) is 23.2 Å². The predicted octanol–water partition coefficient (Wildman–Crippen LogP) is 6.13. The van der Waals surface area contributed by atoms with Crippen LogP contribution in [0.2, 0.25) is 0 Å². The molecule has 0 bridgehead atoms. The molecule has 0 radical (unpaired) electrons. The summed E-state index contributed by atoms with van der Waals surface area (Å²) in [5, 5.41) is 10.4. The second-order valence-electron chi connectivity index (χ2n) is 8.15. The molecular formula is C22H24F2N2O2S. The summed E-state index contributed by atoms with van der Waals surface area (Å²) >= 11 is 1.57. The van der Waals surface area contributed by atoms with Crippen LogP contribution in [0.1, 0.15) is 48.8 Å². The van der Waals surface area contributed by atoms with Gasteiger partial charge in [0.15, 0.2) is 11.5 Å². The van der Waals surface area contributed by atoms with E-state index in [0.717, 1.165) is 24.8 Å². The molecule has 7 heteroatoms. The third-order valence-electron chi connectivity index (χ3n) is 5.32. The van der Waals surface area contributed by atoms with Crippen molar-refractivity contribution in [3.05, 3.63) is 39.8 Å². The van der Waals surface area contributed by atoms with E-state index in [1.165, 1.54) is 18.1 Å². The molecule has 154 valence electrons. The van der Waals surface area contributed by atoms with Gasteiger partial charge in [0.2, 0.25) is 0 Å². The molecule has 0 spiro atoms. The Kier molecular flexibility index (Phi) is 6.23. The van der Waals surface area contributed by atoms with Gasteiger partial charge in [0.05, 0.1) is 12.7 Å². The fourth-order valence-electron chi connectivity index (χ4n) is 3.61. The lowest BCUT2D eigenvalue weighted by molar-refractivity contribution is -0.0512. The van der Waals surface area contributed by atoms with Crippen molar-refractivity contribution in [2.45, 2.75) is 46.6 Å². The number of hydrogen-bond donors (Lipinski definition) is 0. The van der Waals surface area contributed by atoms with E-state index in [-0.39, 0.29) is 16.9 Å². The number of alkyl halides is 2. The van der Waals surface area contributed by atoms with Crippen molar-refractivity contribution in [1.29, 1.82) is 5.26 Å². The summed E-state index contributed by atoms with van der Waals surface area (Å²) in [6, 6.07) is 6.94. The highest BCUT2D eigenvalue weighted by atomic mass is 32.1. The van der Waals surface area contributed by atoms with Gasteiger partial charge in [-0.3, -0.25) is 0 Å². The molecule has 0 amide bonds. The number of nitrogens with zero attached hydrogens (tertiary/aromatic N) is 2. The molecule has 0 saturated carbocycles. The fraction of sp³-hybridized carbons (Fsp3) is 0.455. The minimum Gasteiger partial charge on any atom is -0.493 e. The van der Waals surface area contributed by atoms with Gasteiger partial charge in [-0.25, -0.2) is 4.99 Å². The van der Waals surface area contributed by atoms with Crippen molar-refractivity contribution in [3.63, 3.8) is 0 Å². The standard InChI is InChI=1S/C22H24F2N2O2S/c1-22(2,3)14-6-7-15-16(11-25)20(29-19(15)10-14)26-12-13-5-8-17(28-21(23)24)18(9-13)27-4/h5,8-9,12,14,21H,6-7,10H2,1-4H3/t14-/m1/s1. The molecule has 1 aromatic heterocycles. The van der Waals surface area contributed by atoms with Gasteiger partial charge in [0.25, 0.3) is 0 Å². The topological polar surface area (TPSA) is 54.6 Å². The third kappa shape index (κ3) is 4.76. The molecule has 4 nitrogen and oxygen atoms in total. The summed E-state index contributed by atoms with van der Waals surface area (Å²) in [4.78, 5) is 5.78. The summed E-state index contributed by atoms with van der Waals surface area (Å²) in [5.74, 6) is 0.758. The number of rotatable bonds is 5. The lowest BCUT2D eigenvalue weighted by atomic mass is 9.72. The van der Waals surface area contributed by atoms with Gasteiger partial charge in [-0.1, -0.05) is 20.8 Å². The molecule has 0 N–H and O–H groups in total. The number of halogens is 2. The average molecular weight is 419 g/mol. The van der Waals surface area contributed by atoms with Gasteiger partial charge >= 0.3 is 6.61 Å². The summed E-state index contributed by atoms with van der Waals surface area (Å²) in [6.45, 7) is 3.86. The molecule has 29 heavy (non-hydrogen) atoms. The van der Waals surface area contributed by atoms with E-state index < -0.39 is 6.61 Å². The zero-order valence-electron chi connectivity index (χ0n) is 17.0. The molecule has 0 unspecified atom stereocenters. The molecule has 1 aromatic carbocycles. The molecule has 0 aliphatic heterocycles. The number of benzene rings is 1.